The zero-order valence-corrected chi connectivity index (χ0v) is 16.4. The Labute approximate surface area is 168 Å². The number of halogens is 1. The van der Waals surface area contributed by atoms with Crippen LogP contribution < -0.4 is 14.3 Å². The van der Waals surface area contributed by atoms with Crippen LogP contribution in [0.5, 0.6) is 11.5 Å². The molecule has 0 bridgehead atoms. The molecular formula is C19H15ClN2O5S. The van der Waals surface area contributed by atoms with Crippen molar-refractivity contribution in [2.75, 3.05) is 13.9 Å². The van der Waals surface area contributed by atoms with Crippen LogP contribution in [0.3, 0.4) is 0 Å². The number of hydrogen-bond donors (Lipinski definition) is 0. The SMILES string of the molecule is COC(=O)CCn1c(=NC(=O)c2cccc(Cl)c2)sc2cc3c(cc21)OCO3. The summed E-state index contributed by atoms with van der Waals surface area (Å²) in [6.45, 7) is 0.479. The first-order valence-corrected chi connectivity index (χ1v) is 9.59. The van der Waals surface area contributed by atoms with Gasteiger partial charge in [0.25, 0.3) is 5.91 Å². The summed E-state index contributed by atoms with van der Waals surface area (Å²) in [5.41, 5.74) is 1.19. The highest BCUT2D eigenvalue weighted by Gasteiger charge is 2.18. The van der Waals surface area contributed by atoms with Crippen molar-refractivity contribution in [1.29, 1.82) is 0 Å². The summed E-state index contributed by atoms with van der Waals surface area (Å²) in [7, 11) is 1.34. The number of amides is 1. The van der Waals surface area contributed by atoms with Gasteiger partial charge in [0.05, 0.1) is 23.7 Å². The van der Waals surface area contributed by atoms with Crippen molar-refractivity contribution in [3.8, 4) is 11.5 Å². The second kappa shape index (κ2) is 7.65. The number of hydrogen-bond acceptors (Lipinski definition) is 6. The van der Waals surface area contributed by atoms with E-state index in [-0.39, 0.29) is 19.2 Å². The molecule has 0 saturated carbocycles. The van der Waals surface area contributed by atoms with Crippen LogP contribution in [0.15, 0.2) is 41.4 Å². The van der Waals surface area contributed by atoms with E-state index in [0.717, 1.165) is 10.2 Å². The van der Waals surface area contributed by atoms with E-state index in [4.69, 9.17) is 25.8 Å². The molecular weight excluding hydrogens is 404 g/mol. The smallest absolute Gasteiger partial charge is 0.307 e. The number of methoxy groups -OCH3 is 1. The number of ether oxygens (including phenoxy) is 3. The second-order valence-corrected chi connectivity index (χ2v) is 7.41. The molecule has 1 aromatic heterocycles. The lowest BCUT2D eigenvalue weighted by molar-refractivity contribution is -0.140. The van der Waals surface area contributed by atoms with E-state index < -0.39 is 5.91 Å². The fourth-order valence-corrected chi connectivity index (χ4v) is 4.09. The number of nitrogens with zero attached hydrogens (tertiary/aromatic N) is 2. The van der Waals surface area contributed by atoms with Crippen LogP contribution in [0.1, 0.15) is 16.8 Å². The Morgan fingerprint density at radius 1 is 1.25 bits per heavy atom. The third-order valence-corrected chi connectivity index (χ3v) is 5.49. The average molecular weight is 419 g/mol. The van der Waals surface area contributed by atoms with Crippen molar-refractivity contribution in [3.63, 3.8) is 0 Å². The maximum atomic E-state index is 12.6. The van der Waals surface area contributed by atoms with Gasteiger partial charge in [0.15, 0.2) is 16.3 Å². The highest BCUT2D eigenvalue weighted by atomic mass is 35.5. The average Bonchev–Trinajstić information content (AvgIpc) is 3.27. The molecule has 2 heterocycles. The van der Waals surface area contributed by atoms with Gasteiger partial charge in [0.1, 0.15) is 0 Å². The van der Waals surface area contributed by atoms with Gasteiger partial charge in [-0.25, -0.2) is 0 Å². The molecule has 28 heavy (non-hydrogen) atoms. The molecule has 0 N–H and O–H groups in total. The minimum Gasteiger partial charge on any atom is -0.469 e. The lowest BCUT2D eigenvalue weighted by atomic mass is 10.2. The molecule has 3 aromatic rings. The van der Waals surface area contributed by atoms with E-state index in [0.29, 0.717) is 33.4 Å². The fourth-order valence-electron chi connectivity index (χ4n) is 2.84. The molecule has 1 aliphatic rings. The lowest BCUT2D eigenvalue weighted by Crippen LogP contribution is -2.19. The van der Waals surface area contributed by atoms with Crippen LogP contribution in [-0.2, 0) is 16.1 Å². The number of aromatic nitrogens is 1. The predicted octanol–water partition coefficient (Wildman–Crippen LogP) is 3.39. The van der Waals surface area contributed by atoms with Crippen molar-refractivity contribution in [3.05, 3.63) is 51.8 Å². The maximum absolute atomic E-state index is 12.6. The molecule has 2 aromatic carbocycles. The van der Waals surface area contributed by atoms with Gasteiger partial charge in [0.2, 0.25) is 6.79 Å². The standard InChI is InChI=1S/C19H15ClN2O5S/c1-25-17(23)5-6-22-13-8-14-15(27-10-26-14)9-16(13)28-19(22)21-18(24)11-3-2-4-12(20)7-11/h2-4,7-9H,5-6,10H2,1H3. The number of carbonyl (C=O) groups excluding carboxylic acids is 2. The molecule has 1 aliphatic heterocycles. The van der Waals surface area contributed by atoms with Crippen molar-refractivity contribution in [2.45, 2.75) is 13.0 Å². The third kappa shape index (κ3) is 3.61. The first-order valence-electron chi connectivity index (χ1n) is 8.39. The van der Waals surface area contributed by atoms with Crippen LogP contribution in [0, 0.1) is 0 Å². The summed E-state index contributed by atoms with van der Waals surface area (Å²) in [4.78, 5) is 29.0. The topological polar surface area (TPSA) is 79.1 Å². The Balaban J connectivity index is 1.81. The van der Waals surface area contributed by atoms with Gasteiger partial charge >= 0.3 is 5.97 Å². The monoisotopic (exact) mass is 418 g/mol. The minimum atomic E-state index is -0.416. The van der Waals surface area contributed by atoms with Gasteiger partial charge in [-0.1, -0.05) is 29.0 Å². The molecule has 0 atom stereocenters. The molecule has 0 radical (unpaired) electrons. The number of carbonyl (C=O) groups is 2. The number of fused-ring (bicyclic) bond motifs is 2. The fraction of sp³-hybridized carbons (Fsp3) is 0.211. The van der Waals surface area contributed by atoms with Gasteiger partial charge in [0, 0.05) is 29.3 Å². The summed E-state index contributed by atoms with van der Waals surface area (Å²) >= 11 is 7.30. The number of benzene rings is 2. The Bertz CT molecular complexity index is 1150. The molecule has 9 heteroatoms. The zero-order chi connectivity index (χ0) is 19.7. The maximum Gasteiger partial charge on any atom is 0.307 e. The van der Waals surface area contributed by atoms with Crippen molar-refractivity contribution in [2.24, 2.45) is 4.99 Å². The van der Waals surface area contributed by atoms with Gasteiger partial charge < -0.3 is 18.8 Å². The van der Waals surface area contributed by atoms with Crippen LogP contribution in [-0.4, -0.2) is 30.3 Å². The normalized spacial score (nSPS) is 13.1. The van der Waals surface area contributed by atoms with E-state index in [9.17, 15) is 9.59 Å². The van der Waals surface area contributed by atoms with Crippen LogP contribution in [0.25, 0.3) is 10.2 Å². The zero-order valence-electron chi connectivity index (χ0n) is 14.8. The molecule has 0 aliphatic carbocycles. The largest absolute Gasteiger partial charge is 0.469 e. The minimum absolute atomic E-state index is 0.148. The summed E-state index contributed by atoms with van der Waals surface area (Å²) in [6, 6.07) is 10.3. The number of thiazole rings is 1. The number of rotatable bonds is 4. The summed E-state index contributed by atoms with van der Waals surface area (Å²) < 4.78 is 18.3. The quantitative estimate of drug-likeness (QED) is 0.607. The summed E-state index contributed by atoms with van der Waals surface area (Å²) in [5.74, 6) is 0.493. The van der Waals surface area contributed by atoms with E-state index in [1.165, 1.54) is 18.4 Å². The van der Waals surface area contributed by atoms with Gasteiger partial charge in [-0.2, -0.15) is 4.99 Å². The molecule has 0 fully saturated rings. The van der Waals surface area contributed by atoms with Crippen LogP contribution in [0.4, 0.5) is 0 Å². The Kier molecular flexibility index (Phi) is 5.06. The molecule has 0 saturated heterocycles. The lowest BCUT2D eigenvalue weighted by Gasteiger charge is -2.05. The van der Waals surface area contributed by atoms with E-state index in [1.54, 1.807) is 28.8 Å². The van der Waals surface area contributed by atoms with Crippen LogP contribution in [0.2, 0.25) is 5.02 Å². The first kappa shape index (κ1) is 18.5. The second-order valence-electron chi connectivity index (χ2n) is 5.96. The van der Waals surface area contributed by atoms with Crippen molar-refractivity contribution < 1.29 is 23.8 Å². The highest BCUT2D eigenvalue weighted by Crippen LogP contribution is 2.37. The molecule has 4 rings (SSSR count). The van der Waals surface area contributed by atoms with E-state index in [1.807, 2.05) is 12.1 Å². The van der Waals surface area contributed by atoms with E-state index >= 15 is 0 Å². The van der Waals surface area contributed by atoms with Crippen molar-refractivity contribution in [1.82, 2.24) is 4.57 Å². The summed E-state index contributed by atoms with van der Waals surface area (Å²) in [6.07, 6.45) is 0.148. The third-order valence-electron chi connectivity index (χ3n) is 4.21. The van der Waals surface area contributed by atoms with E-state index in [2.05, 4.69) is 4.99 Å². The number of esters is 1. The summed E-state index contributed by atoms with van der Waals surface area (Å²) in [5, 5.41) is 0.460. The molecule has 144 valence electrons. The molecule has 0 spiro atoms. The highest BCUT2D eigenvalue weighted by molar-refractivity contribution is 7.16. The molecule has 0 unspecified atom stereocenters. The van der Waals surface area contributed by atoms with Crippen LogP contribution >= 0.6 is 22.9 Å². The van der Waals surface area contributed by atoms with Gasteiger partial charge in [-0.3, -0.25) is 9.59 Å². The Morgan fingerprint density at radius 3 is 2.79 bits per heavy atom. The van der Waals surface area contributed by atoms with Crippen molar-refractivity contribution >= 4 is 45.0 Å². The Morgan fingerprint density at radius 2 is 2.04 bits per heavy atom. The van der Waals surface area contributed by atoms with Gasteiger partial charge in [-0.05, 0) is 18.2 Å². The number of aryl methyl sites for hydroxylation is 1. The first-order chi connectivity index (χ1) is 13.5. The predicted molar refractivity (Wildman–Crippen MR) is 104 cm³/mol. The van der Waals surface area contributed by atoms with Gasteiger partial charge in [-0.15, -0.1) is 0 Å². The Hall–Kier alpha value is -2.84. The molecule has 7 nitrogen and oxygen atoms in total. The molecule has 1 amide bonds.